The first-order valence-corrected chi connectivity index (χ1v) is 8.28. The highest BCUT2D eigenvalue weighted by Crippen LogP contribution is 2.41. The van der Waals surface area contributed by atoms with Crippen LogP contribution in [0.15, 0.2) is 24.3 Å². The van der Waals surface area contributed by atoms with Crippen LogP contribution in [0.2, 0.25) is 0 Å². The lowest BCUT2D eigenvalue weighted by molar-refractivity contribution is 0.371. The van der Waals surface area contributed by atoms with Gasteiger partial charge >= 0.3 is 0 Å². The molecule has 112 valence electrons. The van der Waals surface area contributed by atoms with Gasteiger partial charge in [-0.2, -0.15) is 5.26 Å². The molecular formula is C18H25N3. The van der Waals surface area contributed by atoms with Crippen LogP contribution in [0.4, 0.5) is 5.69 Å². The largest absolute Gasteiger partial charge is 0.368 e. The van der Waals surface area contributed by atoms with Crippen molar-refractivity contribution >= 4 is 5.69 Å². The van der Waals surface area contributed by atoms with Crippen molar-refractivity contribution in [2.24, 2.45) is 5.92 Å². The second kappa shape index (κ2) is 6.07. The third kappa shape index (κ3) is 2.91. The molecule has 1 fully saturated rings. The molecule has 3 heteroatoms. The molecule has 1 aliphatic carbocycles. The monoisotopic (exact) mass is 283 g/mol. The highest BCUT2D eigenvalue weighted by atomic mass is 15.2. The topological polar surface area (TPSA) is 39.1 Å². The molecule has 1 N–H and O–H groups in total. The van der Waals surface area contributed by atoms with Crippen molar-refractivity contribution < 1.29 is 0 Å². The molecule has 1 aromatic rings. The fourth-order valence-corrected chi connectivity index (χ4v) is 3.62. The van der Waals surface area contributed by atoms with Crippen molar-refractivity contribution in [3.8, 4) is 6.07 Å². The number of fused-ring (bicyclic) bond motifs is 1. The highest BCUT2D eigenvalue weighted by Gasteiger charge is 2.46. The number of likely N-dealkylation sites (N-methyl/N-ethyl adjacent to an activating group) is 1. The van der Waals surface area contributed by atoms with Gasteiger partial charge in [0.25, 0.3) is 0 Å². The van der Waals surface area contributed by atoms with Gasteiger partial charge < -0.3 is 4.90 Å². The Labute approximate surface area is 128 Å². The third-order valence-electron chi connectivity index (χ3n) is 4.86. The molecule has 0 spiro atoms. The number of rotatable bonds is 5. The van der Waals surface area contributed by atoms with E-state index in [9.17, 15) is 5.26 Å². The van der Waals surface area contributed by atoms with Gasteiger partial charge in [-0.15, -0.1) is 0 Å². The van der Waals surface area contributed by atoms with Crippen LogP contribution < -0.4 is 10.2 Å². The molecule has 0 aromatic heterocycles. The number of nitrogens with one attached hydrogen (secondary N) is 1. The number of anilines is 1. The number of para-hydroxylation sites is 1. The van der Waals surface area contributed by atoms with Gasteiger partial charge in [-0.1, -0.05) is 25.1 Å². The Bertz CT molecular complexity index is 530. The first-order valence-electron chi connectivity index (χ1n) is 8.28. The zero-order chi connectivity index (χ0) is 14.7. The quantitative estimate of drug-likeness (QED) is 0.902. The second-order valence-corrected chi connectivity index (χ2v) is 6.40. The molecule has 1 atom stereocenters. The van der Waals surface area contributed by atoms with Crippen LogP contribution in [-0.2, 0) is 6.42 Å². The summed E-state index contributed by atoms with van der Waals surface area (Å²) in [5, 5.41) is 13.3. The van der Waals surface area contributed by atoms with Crippen molar-refractivity contribution in [1.29, 1.82) is 5.26 Å². The molecule has 21 heavy (non-hydrogen) atoms. The predicted molar refractivity (Wildman–Crippen MR) is 86.3 cm³/mol. The van der Waals surface area contributed by atoms with Crippen LogP contribution in [0.5, 0.6) is 0 Å². The van der Waals surface area contributed by atoms with Crippen LogP contribution in [-0.4, -0.2) is 25.2 Å². The van der Waals surface area contributed by atoms with Crippen LogP contribution in [0.1, 0.15) is 38.2 Å². The van der Waals surface area contributed by atoms with E-state index in [-0.39, 0.29) is 5.54 Å². The summed E-state index contributed by atoms with van der Waals surface area (Å²) in [6, 6.07) is 11.3. The van der Waals surface area contributed by atoms with E-state index >= 15 is 0 Å². The molecule has 3 rings (SSSR count). The lowest BCUT2D eigenvalue weighted by Gasteiger charge is -2.35. The zero-order valence-corrected chi connectivity index (χ0v) is 12.9. The van der Waals surface area contributed by atoms with E-state index < -0.39 is 0 Å². The average molecular weight is 283 g/mol. The van der Waals surface area contributed by atoms with Crippen molar-refractivity contribution in [3.63, 3.8) is 0 Å². The number of hydrogen-bond acceptors (Lipinski definition) is 3. The highest BCUT2D eigenvalue weighted by molar-refractivity contribution is 5.55. The number of benzene rings is 1. The summed E-state index contributed by atoms with van der Waals surface area (Å²) in [7, 11) is 0. The van der Waals surface area contributed by atoms with Gasteiger partial charge in [-0.25, -0.2) is 0 Å². The Hall–Kier alpha value is -1.53. The Kier molecular flexibility index (Phi) is 4.17. The van der Waals surface area contributed by atoms with E-state index in [2.05, 4.69) is 47.5 Å². The molecule has 0 bridgehead atoms. The van der Waals surface area contributed by atoms with Gasteiger partial charge in [-0.05, 0) is 56.2 Å². The van der Waals surface area contributed by atoms with E-state index in [0.717, 1.165) is 26.1 Å². The molecular weight excluding hydrogens is 258 g/mol. The van der Waals surface area contributed by atoms with Gasteiger partial charge in [0.1, 0.15) is 5.54 Å². The molecule has 1 saturated carbocycles. The molecule has 0 amide bonds. The average Bonchev–Trinajstić information content (AvgIpc) is 3.35. The molecule has 3 nitrogen and oxygen atoms in total. The summed E-state index contributed by atoms with van der Waals surface area (Å²) < 4.78 is 0. The van der Waals surface area contributed by atoms with E-state index in [1.165, 1.54) is 36.9 Å². The predicted octanol–water partition coefficient (Wildman–Crippen LogP) is 3.11. The smallest absolute Gasteiger partial charge is 0.127 e. The van der Waals surface area contributed by atoms with Gasteiger partial charge in [0, 0.05) is 18.8 Å². The van der Waals surface area contributed by atoms with Crippen LogP contribution >= 0.6 is 0 Å². The number of aryl methyl sites for hydroxylation is 1. The maximum Gasteiger partial charge on any atom is 0.127 e. The maximum absolute atomic E-state index is 9.83. The van der Waals surface area contributed by atoms with Crippen LogP contribution in [0.3, 0.4) is 0 Å². The summed E-state index contributed by atoms with van der Waals surface area (Å²) in [4.78, 5) is 2.45. The van der Waals surface area contributed by atoms with Crippen molar-refractivity contribution in [2.75, 3.05) is 24.5 Å². The molecule has 0 saturated heterocycles. The molecule has 2 aliphatic rings. The van der Waals surface area contributed by atoms with E-state index in [4.69, 9.17) is 0 Å². The Morgan fingerprint density at radius 2 is 2.14 bits per heavy atom. The van der Waals surface area contributed by atoms with Crippen molar-refractivity contribution in [3.05, 3.63) is 29.8 Å². The summed E-state index contributed by atoms with van der Waals surface area (Å²) >= 11 is 0. The minimum atomic E-state index is -0.369. The third-order valence-corrected chi connectivity index (χ3v) is 4.86. The molecule has 1 heterocycles. The maximum atomic E-state index is 9.83. The van der Waals surface area contributed by atoms with Crippen LogP contribution in [0, 0.1) is 17.2 Å². The van der Waals surface area contributed by atoms with Crippen LogP contribution in [0.25, 0.3) is 0 Å². The summed E-state index contributed by atoms with van der Waals surface area (Å²) in [6.45, 7) is 4.85. The summed E-state index contributed by atoms with van der Waals surface area (Å²) in [6.07, 6.45) is 6.01. The number of nitrogens with zero attached hydrogens (tertiary/aromatic N) is 2. The minimum absolute atomic E-state index is 0.369. The molecule has 1 aliphatic heterocycles. The van der Waals surface area contributed by atoms with E-state index in [0.29, 0.717) is 5.92 Å². The first kappa shape index (κ1) is 14.4. The van der Waals surface area contributed by atoms with Crippen molar-refractivity contribution in [2.45, 2.75) is 44.6 Å². The van der Waals surface area contributed by atoms with E-state index in [1.807, 2.05) is 0 Å². The SMILES string of the molecule is CCNC(C#N)(CN1CCCCc2ccccc21)C1CC1. The normalized spacial score (nSPS) is 21.0. The lowest BCUT2D eigenvalue weighted by atomic mass is 9.93. The standard InChI is InChI=1S/C18H25N3/c1-2-20-18(13-19,16-10-11-16)14-21-12-6-5-8-15-7-3-4-9-17(15)21/h3-4,7,9,16,20H,2,5-6,8,10-12,14H2,1H3. The Balaban J connectivity index is 1.87. The first-order chi connectivity index (χ1) is 10.3. The summed E-state index contributed by atoms with van der Waals surface area (Å²) in [5.74, 6) is 0.526. The van der Waals surface area contributed by atoms with E-state index in [1.54, 1.807) is 0 Å². The Morgan fingerprint density at radius 3 is 2.86 bits per heavy atom. The second-order valence-electron chi connectivity index (χ2n) is 6.40. The fraction of sp³-hybridized carbons (Fsp3) is 0.611. The minimum Gasteiger partial charge on any atom is -0.368 e. The van der Waals surface area contributed by atoms with Gasteiger partial charge in [0.15, 0.2) is 0 Å². The van der Waals surface area contributed by atoms with Gasteiger partial charge in [-0.3, -0.25) is 5.32 Å². The summed E-state index contributed by atoms with van der Waals surface area (Å²) in [5.41, 5.74) is 2.41. The molecule has 1 unspecified atom stereocenters. The number of hydrogen-bond donors (Lipinski definition) is 1. The van der Waals surface area contributed by atoms with Crippen molar-refractivity contribution in [1.82, 2.24) is 5.32 Å². The fourth-order valence-electron chi connectivity index (χ4n) is 3.62. The Morgan fingerprint density at radius 1 is 1.33 bits per heavy atom. The molecule has 1 aromatic carbocycles. The zero-order valence-electron chi connectivity index (χ0n) is 12.9. The number of nitriles is 1. The van der Waals surface area contributed by atoms with Gasteiger partial charge in [0.2, 0.25) is 0 Å². The lowest BCUT2D eigenvalue weighted by Crippen LogP contribution is -2.54. The van der Waals surface area contributed by atoms with Gasteiger partial charge in [0.05, 0.1) is 6.07 Å². The molecule has 0 radical (unpaired) electrons.